The van der Waals surface area contributed by atoms with Crippen molar-refractivity contribution < 1.29 is 19.6 Å². The molecule has 0 fully saturated rings. The molecule has 0 aromatic heterocycles. The van der Waals surface area contributed by atoms with Gasteiger partial charge in [-0.05, 0) is 11.5 Å². The predicted molar refractivity (Wildman–Crippen MR) is 63.6 cm³/mol. The number of aromatic hydroxyl groups is 1. The van der Waals surface area contributed by atoms with Crippen molar-refractivity contribution in [3.8, 4) is 5.75 Å². The second-order valence-electron chi connectivity index (χ2n) is 3.62. The molecule has 0 heterocycles. The SMILES string of the molecule is COC(=O)c1cccc2cc([N+](=O)[O-])cc(O)c12. The van der Waals surface area contributed by atoms with E-state index < -0.39 is 10.9 Å². The first-order chi connectivity index (χ1) is 8.54. The first kappa shape index (κ1) is 11.8. The molecule has 0 aliphatic heterocycles. The quantitative estimate of drug-likeness (QED) is 0.499. The number of phenols is 1. The molecule has 6 heteroatoms. The highest BCUT2D eigenvalue weighted by atomic mass is 16.6. The van der Waals surface area contributed by atoms with E-state index in [0.717, 1.165) is 6.07 Å². The first-order valence-corrected chi connectivity index (χ1v) is 5.03. The van der Waals surface area contributed by atoms with Crippen LogP contribution in [0.15, 0.2) is 30.3 Å². The topological polar surface area (TPSA) is 89.7 Å². The van der Waals surface area contributed by atoms with Crippen molar-refractivity contribution in [3.63, 3.8) is 0 Å². The zero-order chi connectivity index (χ0) is 13.3. The predicted octanol–water partition coefficient (Wildman–Crippen LogP) is 2.24. The Balaban J connectivity index is 2.79. The largest absolute Gasteiger partial charge is 0.507 e. The molecule has 6 nitrogen and oxygen atoms in total. The van der Waals surface area contributed by atoms with Crippen molar-refractivity contribution in [2.75, 3.05) is 7.11 Å². The molecule has 0 radical (unpaired) electrons. The van der Waals surface area contributed by atoms with Crippen molar-refractivity contribution in [1.82, 2.24) is 0 Å². The average Bonchev–Trinajstić information content (AvgIpc) is 2.36. The Morgan fingerprint density at radius 2 is 2.11 bits per heavy atom. The minimum atomic E-state index is -0.607. The zero-order valence-corrected chi connectivity index (χ0v) is 9.41. The van der Waals surface area contributed by atoms with E-state index in [9.17, 15) is 20.0 Å². The maximum Gasteiger partial charge on any atom is 0.338 e. The summed E-state index contributed by atoms with van der Waals surface area (Å²) in [5.74, 6) is -0.926. The summed E-state index contributed by atoms with van der Waals surface area (Å²) in [6.07, 6.45) is 0. The van der Waals surface area contributed by atoms with E-state index in [4.69, 9.17) is 0 Å². The van der Waals surface area contributed by atoms with Crippen molar-refractivity contribution in [2.24, 2.45) is 0 Å². The van der Waals surface area contributed by atoms with E-state index in [1.54, 1.807) is 12.1 Å². The van der Waals surface area contributed by atoms with Crippen LogP contribution in [0.5, 0.6) is 5.75 Å². The van der Waals surface area contributed by atoms with Gasteiger partial charge in [0.25, 0.3) is 5.69 Å². The number of non-ortho nitro benzene ring substituents is 1. The molecular formula is C12H9NO5. The van der Waals surface area contributed by atoms with Crippen LogP contribution in [0, 0.1) is 10.1 Å². The molecule has 2 rings (SSSR count). The third-order valence-corrected chi connectivity index (χ3v) is 2.56. The lowest BCUT2D eigenvalue weighted by Crippen LogP contribution is -2.02. The smallest absolute Gasteiger partial charge is 0.338 e. The lowest BCUT2D eigenvalue weighted by molar-refractivity contribution is -0.384. The van der Waals surface area contributed by atoms with Gasteiger partial charge in [0.05, 0.1) is 23.7 Å². The minimum absolute atomic E-state index is 0.169. The van der Waals surface area contributed by atoms with Crippen LogP contribution in [0.1, 0.15) is 10.4 Å². The molecule has 2 aromatic rings. The third-order valence-electron chi connectivity index (χ3n) is 2.56. The lowest BCUT2D eigenvalue weighted by atomic mass is 10.0. The number of hydrogen-bond acceptors (Lipinski definition) is 5. The number of esters is 1. The summed E-state index contributed by atoms with van der Waals surface area (Å²) in [7, 11) is 1.23. The van der Waals surface area contributed by atoms with E-state index in [0.29, 0.717) is 5.39 Å². The fourth-order valence-electron chi connectivity index (χ4n) is 1.78. The summed E-state index contributed by atoms with van der Waals surface area (Å²) in [4.78, 5) is 21.6. The molecule has 0 aliphatic carbocycles. The number of benzene rings is 2. The number of methoxy groups -OCH3 is 1. The highest BCUT2D eigenvalue weighted by Gasteiger charge is 2.17. The Morgan fingerprint density at radius 3 is 2.72 bits per heavy atom. The van der Waals surface area contributed by atoms with Crippen molar-refractivity contribution >= 4 is 22.4 Å². The molecule has 0 bridgehead atoms. The summed E-state index contributed by atoms with van der Waals surface area (Å²) in [5, 5.41) is 21.1. The number of fused-ring (bicyclic) bond motifs is 1. The van der Waals surface area contributed by atoms with Gasteiger partial charge < -0.3 is 9.84 Å². The van der Waals surface area contributed by atoms with Crippen LogP contribution in [0.25, 0.3) is 10.8 Å². The van der Waals surface area contributed by atoms with E-state index in [1.807, 2.05) is 0 Å². The van der Waals surface area contributed by atoms with Crippen LogP contribution < -0.4 is 0 Å². The fourth-order valence-corrected chi connectivity index (χ4v) is 1.78. The molecule has 0 spiro atoms. The number of carbonyl (C=O) groups excluding carboxylic acids is 1. The summed E-state index contributed by atoms with van der Waals surface area (Å²) < 4.78 is 4.59. The van der Waals surface area contributed by atoms with Gasteiger partial charge in [-0.3, -0.25) is 10.1 Å². The van der Waals surface area contributed by atoms with E-state index >= 15 is 0 Å². The first-order valence-electron chi connectivity index (χ1n) is 5.03. The number of ether oxygens (including phenoxy) is 1. The van der Waals surface area contributed by atoms with Crippen LogP contribution >= 0.6 is 0 Å². The summed E-state index contributed by atoms with van der Waals surface area (Å²) in [6.45, 7) is 0. The molecular weight excluding hydrogens is 238 g/mol. The molecule has 0 aliphatic rings. The van der Waals surface area contributed by atoms with E-state index in [1.165, 1.54) is 19.2 Å². The van der Waals surface area contributed by atoms with Crippen LogP contribution in [0.4, 0.5) is 5.69 Å². The van der Waals surface area contributed by atoms with Gasteiger partial charge in [-0.2, -0.15) is 0 Å². The number of nitro groups is 1. The third kappa shape index (κ3) is 1.84. The number of nitro benzene ring substituents is 1. The second-order valence-corrected chi connectivity index (χ2v) is 3.62. The van der Waals surface area contributed by atoms with Crippen LogP contribution in [-0.4, -0.2) is 23.1 Å². The van der Waals surface area contributed by atoms with Crippen LogP contribution in [0.3, 0.4) is 0 Å². The van der Waals surface area contributed by atoms with Crippen LogP contribution in [-0.2, 0) is 4.74 Å². The maximum atomic E-state index is 11.5. The summed E-state index contributed by atoms with van der Waals surface area (Å²) >= 11 is 0. The summed E-state index contributed by atoms with van der Waals surface area (Å²) in [6, 6.07) is 6.93. The summed E-state index contributed by atoms with van der Waals surface area (Å²) in [5.41, 5.74) is -0.0654. The Labute approximate surface area is 102 Å². The Morgan fingerprint density at radius 1 is 1.39 bits per heavy atom. The number of carbonyl (C=O) groups is 1. The number of phenolic OH excluding ortho intramolecular Hbond substituents is 1. The highest BCUT2D eigenvalue weighted by molar-refractivity contribution is 6.07. The molecule has 0 unspecified atom stereocenters. The molecule has 0 saturated carbocycles. The van der Waals surface area contributed by atoms with Crippen molar-refractivity contribution in [2.45, 2.75) is 0 Å². The van der Waals surface area contributed by atoms with Gasteiger partial charge in [0.15, 0.2) is 0 Å². The average molecular weight is 247 g/mol. The van der Waals surface area contributed by atoms with Gasteiger partial charge in [-0.1, -0.05) is 12.1 Å². The molecule has 1 N–H and O–H groups in total. The fraction of sp³-hybridized carbons (Fsp3) is 0.0833. The van der Waals surface area contributed by atoms with E-state index in [-0.39, 0.29) is 22.4 Å². The number of nitrogens with zero attached hydrogens (tertiary/aromatic N) is 1. The number of hydrogen-bond donors (Lipinski definition) is 1. The molecule has 18 heavy (non-hydrogen) atoms. The van der Waals surface area contributed by atoms with Gasteiger partial charge in [0, 0.05) is 11.5 Å². The van der Waals surface area contributed by atoms with Gasteiger partial charge in [0.2, 0.25) is 0 Å². The minimum Gasteiger partial charge on any atom is -0.507 e. The van der Waals surface area contributed by atoms with Gasteiger partial charge >= 0.3 is 5.97 Å². The highest BCUT2D eigenvalue weighted by Crippen LogP contribution is 2.32. The van der Waals surface area contributed by atoms with Gasteiger partial charge in [0.1, 0.15) is 5.75 Å². The Hall–Kier alpha value is -2.63. The van der Waals surface area contributed by atoms with Crippen molar-refractivity contribution in [3.05, 3.63) is 46.0 Å². The van der Waals surface area contributed by atoms with Gasteiger partial charge in [-0.25, -0.2) is 4.79 Å². The van der Waals surface area contributed by atoms with Gasteiger partial charge in [-0.15, -0.1) is 0 Å². The molecule has 2 aromatic carbocycles. The van der Waals surface area contributed by atoms with Crippen LogP contribution in [0.2, 0.25) is 0 Å². The van der Waals surface area contributed by atoms with E-state index in [2.05, 4.69) is 4.74 Å². The normalized spacial score (nSPS) is 10.3. The van der Waals surface area contributed by atoms with Crippen molar-refractivity contribution in [1.29, 1.82) is 0 Å². The lowest BCUT2D eigenvalue weighted by Gasteiger charge is -2.06. The Bertz CT molecular complexity index is 650. The maximum absolute atomic E-state index is 11.5. The molecule has 0 atom stereocenters. The second kappa shape index (κ2) is 4.33. The Kier molecular flexibility index (Phi) is 2.85. The zero-order valence-electron chi connectivity index (χ0n) is 9.41. The molecule has 0 saturated heterocycles. The standard InChI is InChI=1S/C12H9NO5/c1-18-12(15)9-4-2-3-7-5-8(13(16)17)6-10(14)11(7)9/h2-6,14H,1H3. The number of rotatable bonds is 2. The monoisotopic (exact) mass is 247 g/mol. The molecule has 0 amide bonds. The molecule has 92 valence electrons.